The van der Waals surface area contributed by atoms with Crippen molar-refractivity contribution >= 4 is 16.9 Å². The molecule has 0 bridgehead atoms. The van der Waals surface area contributed by atoms with Crippen LogP contribution in [0.25, 0.3) is 10.9 Å². The number of benzene rings is 1. The Bertz CT molecular complexity index is 656. The third kappa shape index (κ3) is 2.31. The summed E-state index contributed by atoms with van der Waals surface area (Å²) in [5.41, 5.74) is 10.2. The highest BCUT2D eigenvalue weighted by atomic mass is 16.4. The number of fused-ring (bicyclic) bond motifs is 1. The van der Waals surface area contributed by atoms with Crippen LogP contribution in [0.15, 0.2) is 12.1 Å². The van der Waals surface area contributed by atoms with E-state index in [-0.39, 0.29) is 0 Å². The van der Waals surface area contributed by atoms with Crippen LogP contribution < -0.4 is 5.73 Å². The smallest absolute Gasteiger partial charge is 0.337 e. The number of aromatic nitrogens is 1. The minimum absolute atomic E-state index is 0.389. The molecule has 3 N–H and O–H groups in total. The lowest BCUT2D eigenvalue weighted by Gasteiger charge is -2.10. The summed E-state index contributed by atoms with van der Waals surface area (Å²) in [6.07, 6.45) is 1.75. The van der Waals surface area contributed by atoms with E-state index in [1.165, 1.54) is 5.56 Å². The van der Waals surface area contributed by atoms with Crippen LogP contribution in [0.1, 0.15) is 40.5 Å². The highest BCUT2D eigenvalue weighted by molar-refractivity contribution is 6.04. The maximum Gasteiger partial charge on any atom is 0.337 e. The number of nitrogens with zero attached hydrogens (tertiary/aromatic N) is 1. The summed E-state index contributed by atoms with van der Waals surface area (Å²) < 4.78 is 2.11. The first kappa shape index (κ1) is 14.6. The summed E-state index contributed by atoms with van der Waals surface area (Å²) in [5, 5.41) is 10.6. The van der Waals surface area contributed by atoms with E-state index in [1.807, 2.05) is 6.92 Å². The molecule has 0 amide bonds. The van der Waals surface area contributed by atoms with Crippen LogP contribution >= 0.6 is 0 Å². The standard InChI is InChI=1S/C16H22N2O2/c1-4-12-11(3)18(7-5-6-17)15-13(12)8-10(2)9-14(15)16(19)20/h8-9H,4-7,17H2,1-3H3,(H,19,20). The average molecular weight is 274 g/mol. The van der Waals surface area contributed by atoms with E-state index in [2.05, 4.69) is 24.5 Å². The Morgan fingerprint density at radius 2 is 2.05 bits per heavy atom. The molecule has 0 atom stereocenters. The molecule has 108 valence electrons. The molecule has 0 spiro atoms. The average Bonchev–Trinajstić information content (AvgIpc) is 2.66. The van der Waals surface area contributed by atoms with E-state index in [0.29, 0.717) is 12.1 Å². The Morgan fingerprint density at radius 3 is 2.60 bits per heavy atom. The Balaban J connectivity index is 2.82. The Hall–Kier alpha value is -1.81. The summed E-state index contributed by atoms with van der Waals surface area (Å²) in [6, 6.07) is 3.84. The third-order valence-corrected chi connectivity index (χ3v) is 3.86. The maximum atomic E-state index is 11.6. The molecule has 0 saturated carbocycles. The zero-order valence-electron chi connectivity index (χ0n) is 12.4. The van der Waals surface area contributed by atoms with Crippen molar-refractivity contribution in [1.29, 1.82) is 0 Å². The lowest BCUT2D eigenvalue weighted by atomic mass is 10.0. The molecule has 0 saturated heterocycles. The summed E-state index contributed by atoms with van der Waals surface area (Å²) in [6.45, 7) is 7.49. The first-order valence-electron chi connectivity index (χ1n) is 7.06. The molecule has 0 aliphatic heterocycles. The van der Waals surface area contributed by atoms with Crippen molar-refractivity contribution < 1.29 is 9.90 Å². The molecule has 0 unspecified atom stereocenters. The fourth-order valence-electron chi connectivity index (χ4n) is 2.96. The molecular formula is C16H22N2O2. The summed E-state index contributed by atoms with van der Waals surface area (Å²) in [5.74, 6) is -0.868. The second kappa shape index (κ2) is 5.67. The predicted molar refractivity (Wildman–Crippen MR) is 81.4 cm³/mol. The van der Waals surface area contributed by atoms with E-state index >= 15 is 0 Å². The van der Waals surface area contributed by atoms with E-state index in [0.717, 1.165) is 41.5 Å². The zero-order chi connectivity index (χ0) is 14.9. The molecule has 1 aromatic carbocycles. The van der Waals surface area contributed by atoms with Crippen molar-refractivity contribution in [1.82, 2.24) is 4.57 Å². The fraction of sp³-hybridized carbons (Fsp3) is 0.438. The van der Waals surface area contributed by atoms with E-state index in [4.69, 9.17) is 5.73 Å². The van der Waals surface area contributed by atoms with Crippen LogP contribution in [0, 0.1) is 13.8 Å². The van der Waals surface area contributed by atoms with Gasteiger partial charge in [0.1, 0.15) is 0 Å². The van der Waals surface area contributed by atoms with Crippen molar-refractivity contribution in [2.45, 2.75) is 40.2 Å². The van der Waals surface area contributed by atoms with Crippen LogP contribution in [-0.2, 0) is 13.0 Å². The highest BCUT2D eigenvalue weighted by Gasteiger charge is 2.19. The van der Waals surface area contributed by atoms with Crippen LogP contribution in [0.3, 0.4) is 0 Å². The third-order valence-electron chi connectivity index (χ3n) is 3.86. The summed E-state index contributed by atoms with van der Waals surface area (Å²) in [4.78, 5) is 11.6. The van der Waals surface area contributed by atoms with Crippen LogP contribution in [0.2, 0.25) is 0 Å². The number of carboxylic acid groups (broad SMARTS) is 1. The van der Waals surface area contributed by atoms with Crippen molar-refractivity contribution in [2.75, 3.05) is 6.54 Å². The minimum atomic E-state index is -0.868. The van der Waals surface area contributed by atoms with Gasteiger partial charge in [0.25, 0.3) is 0 Å². The molecule has 1 heterocycles. The van der Waals surface area contributed by atoms with Crippen LogP contribution in [0.5, 0.6) is 0 Å². The van der Waals surface area contributed by atoms with Gasteiger partial charge in [-0.1, -0.05) is 6.92 Å². The van der Waals surface area contributed by atoms with Gasteiger partial charge in [-0.15, -0.1) is 0 Å². The van der Waals surface area contributed by atoms with E-state index < -0.39 is 5.97 Å². The predicted octanol–water partition coefficient (Wildman–Crippen LogP) is 2.87. The number of hydrogen-bond acceptors (Lipinski definition) is 2. The van der Waals surface area contributed by atoms with Crippen molar-refractivity contribution in [2.24, 2.45) is 5.73 Å². The second-order valence-electron chi connectivity index (χ2n) is 5.23. The first-order valence-corrected chi connectivity index (χ1v) is 7.06. The lowest BCUT2D eigenvalue weighted by molar-refractivity contribution is 0.0698. The van der Waals surface area contributed by atoms with Gasteiger partial charge in [-0.2, -0.15) is 0 Å². The molecule has 2 aromatic rings. The normalized spacial score (nSPS) is 11.2. The first-order chi connectivity index (χ1) is 9.51. The van der Waals surface area contributed by atoms with Gasteiger partial charge in [-0.3, -0.25) is 0 Å². The highest BCUT2D eigenvalue weighted by Crippen LogP contribution is 2.30. The molecule has 20 heavy (non-hydrogen) atoms. The second-order valence-corrected chi connectivity index (χ2v) is 5.23. The van der Waals surface area contributed by atoms with Crippen LogP contribution in [-0.4, -0.2) is 22.2 Å². The fourth-order valence-corrected chi connectivity index (χ4v) is 2.96. The molecule has 4 heteroatoms. The van der Waals surface area contributed by atoms with Gasteiger partial charge in [-0.25, -0.2) is 4.79 Å². The SMILES string of the molecule is CCc1c(C)n(CCCN)c2c(C(=O)O)cc(C)cc12. The van der Waals surface area contributed by atoms with Crippen LogP contribution in [0.4, 0.5) is 0 Å². The minimum Gasteiger partial charge on any atom is -0.478 e. The Kier molecular flexibility index (Phi) is 4.14. The van der Waals surface area contributed by atoms with E-state index in [9.17, 15) is 9.90 Å². The molecule has 0 aliphatic rings. The monoisotopic (exact) mass is 274 g/mol. The maximum absolute atomic E-state index is 11.6. The van der Waals surface area contributed by atoms with Gasteiger partial charge in [-0.05, 0) is 56.5 Å². The number of carbonyl (C=O) groups is 1. The van der Waals surface area contributed by atoms with E-state index in [1.54, 1.807) is 6.07 Å². The van der Waals surface area contributed by atoms with Gasteiger partial charge in [0.15, 0.2) is 0 Å². The molecule has 0 fully saturated rings. The number of aromatic carboxylic acids is 1. The van der Waals surface area contributed by atoms with Crippen molar-refractivity contribution in [3.8, 4) is 0 Å². The molecule has 0 aliphatic carbocycles. The van der Waals surface area contributed by atoms with Gasteiger partial charge in [0, 0.05) is 17.6 Å². The Morgan fingerprint density at radius 1 is 1.35 bits per heavy atom. The molecule has 1 aromatic heterocycles. The summed E-state index contributed by atoms with van der Waals surface area (Å²) >= 11 is 0. The molecule has 0 radical (unpaired) electrons. The summed E-state index contributed by atoms with van der Waals surface area (Å²) in [7, 11) is 0. The number of rotatable bonds is 5. The number of nitrogens with two attached hydrogens (primary N) is 1. The van der Waals surface area contributed by atoms with Gasteiger partial charge in [0.2, 0.25) is 0 Å². The van der Waals surface area contributed by atoms with Crippen molar-refractivity contribution in [3.63, 3.8) is 0 Å². The topological polar surface area (TPSA) is 68.2 Å². The molecule has 4 nitrogen and oxygen atoms in total. The van der Waals surface area contributed by atoms with Gasteiger partial charge >= 0.3 is 5.97 Å². The van der Waals surface area contributed by atoms with Gasteiger partial charge < -0.3 is 15.4 Å². The molecular weight excluding hydrogens is 252 g/mol. The van der Waals surface area contributed by atoms with Crippen molar-refractivity contribution in [3.05, 3.63) is 34.5 Å². The Labute approximate surface area is 119 Å². The number of hydrogen-bond donors (Lipinski definition) is 2. The zero-order valence-corrected chi connectivity index (χ0v) is 12.4. The number of aryl methyl sites for hydroxylation is 3. The largest absolute Gasteiger partial charge is 0.478 e. The lowest BCUT2D eigenvalue weighted by Crippen LogP contribution is -2.09. The van der Waals surface area contributed by atoms with Gasteiger partial charge in [0.05, 0.1) is 11.1 Å². The number of carboxylic acids is 1. The molecule has 2 rings (SSSR count). The quantitative estimate of drug-likeness (QED) is 0.881.